The van der Waals surface area contributed by atoms with Gasteiger partial charge in [0.05, 0.1) is 53.7 Å². The summed E-state index contributed by atoms with van der Waals surface area (Å²) in [5, 5.41) is 4.87. The molecule has 0 atom stereocenters. The highest BCUT2D eigenvalue weighted by molar-refractivity contribution is 6.33. The van der Waals surface area contributed by atoms with Gasteiger partial charge in [-0.1, -0.05) is 11.6 Å². The van der Waals surface area contributed by atoms with Gasteiger partial charge in [-0.25, -0.2) is 14.5 Å². The van der Waals surface area contributed by atoms with Gasteiger partial charge in [-0.15, -0.1) is 0 Å². The molecule has 0 unspecified atom stereocenters. The Balaban J connectivity index is 1.77. The van der Waals surface area contributed by atoms with E-state index >= 15 is 0 Å². The Morgan fingerprint density at radius 2 is 2.00 bits per heavy atom. The number of pyridine rings is 1. The first-order valence-electron chi connectivity index (χ1n) is 7.31. The minimum atomic E-state index is 0.189. The lowest BCUT2D eigenvalue weighted by Crippen LogP contribution is -2.36. The van der Waals surface area contributed by atoms with Crippen LogP contribution in [0.5, 0.6) is 0 Å². The highest BCUT2D eigenvalue weighted by Gasteiger charge is 2.15. The lowest BCUT2D eigenvalue weighted by molar-refractivity contribution is 0.122. The topological polar surface area (TPSA) is 81.6 Å². The number of aromatic nitrogens is 4. The molecule has 1 fully saturated rings. The smallest absolute Gasteiger partial charge is 0.220 e. The third-order valence-corrected chi connectivity index (χ3v) is 4.17. The summed E-state index contributed by atoms with van der Waals surface area (Å²) < 4.78 is 7.22. The molecule has 8 heteroatoms. The molecule has 1 aliphatic heterocycles. The molecule has 3 aromatic heterocycles. The zero-order valence-corrected chi connectivity index (χ0v) is 13.1. The van der Waals surface area contributed by atoms with Crippen LogP contribution in [0.1, 0.15) is 0 Å². The van der Waals surface area contributed by atoms with Crippen LogP contribution < -0.4 is 10.6 Å². The number of hydrogen-bond acceptors (Lipinski definition) is 6. The number of halogens is 1. The van der Waals surface area contributed by atoms with Crippen LogP contribution >= 0.6 is 11.6 Å². The molecular weight excluding hydrogens is 316 g/mol. The molecule has 0 amide bonds. The highest BCUT2D eigenvalue weighted by atomic mass is 35.5. The van der Waals surface area contributed by atoms with Crippen molar-refractivity contribution in [3.8, 4) is 11.3 Å². The minimum Gasteiger partial charge on any atom is -0.378 e. The largest absolute Gasteiger partial charge is 0.378 e. The number of ether oxygens (including phenoxy) is 1. The number of morpholine rings is 1. The molecule has 7 nitrogen and oxygen atoms in total. The zero-order chi connectivity index (χ0) is 15.8. The lowest BCUT2D eigenvalue weighted by atomic mass is 10.2. The average molecular weight is 331 g/mol. The Bertz CT molecular complexity index is 858. The van der Waals surface area contributed by atoms with Crippen LogP contribution in [0.4, 0.5) is 11.6 Å². The number of nitrogen functional groups attached to an aromatic ring is 1. The fourth-order valence-corrected chi connectivity index (χ4v) is 2.93. The van der Waals surface area contributed by atoms with Crippen molar-refractivity contribution < 1.29 is 4.74 Å². The summed E-state index contributed by atoms with van der Waals surface area (Å²) in [6.07, 6.45) is 5.25. The molecule has 1 aliphatic rings. The first kappa shape index (κ1) is 14.2. The molecule has 0 spiro atoms. The molecule has 0 aromatic carbocycles. The van der Waals surface area contributed by atoms with E-state index in [-0.39, 0.29) is 5.95 Å². The van der Waals surface area contributed by atoms with Crippen LogP contribution in [0.3, 0.4) is 0 Å². The fraction of sp³-hybridized carbons (Fsp3) is 0.267. The van der Waals surface area contributed by atoms with Crippen LogP contribution in [-0.2, 0) is 4.74 Å². The second-order valence-electron chi connectivity index (χ2n) is 5.30. The third kappa shape index (κ3) is 2.58. The van der Waals surface area contributed by atoms with Gasteiger partial charge >= 0.3 is 0 Å². The molecule has 0 radical (unpaired) electrons. The Labute approximate surface area is 137 Å². The van der Waals surface area contributed by atoms with E-state index in [0.717, 1.165) is 43.1 Å². The molecule has 0 bridgehead atoms. The van der Waals surface area contributed by atoms with E-state index in [1.54, 1.807) is 6.20 Å². The quantitative estimate of drug-likeness (QED) is 0.772. The molecule has 3 aromatic rings. The Morgan fingerprint density at radius 3 is 2.83 bits per heavy atom. The average Bonchev–Trinajstić information content (AvgIpc) is 3.01. The number of hydrogen-bond donors (Lipinski definition) is 1. The predicted molar refractivity (Wildman–Crippen MR) is 88.7 cm³/mol. The summed E-state index contributed by atoms with van der Waals surface area (Å²) in [7, 11) is 0. The maximum absolute atomic E-state index is 6.20. The summed E-state index contributed by atoms with van der Waals surface area (Å²) in [6, 6.07) is 4.09. The Hall–Kier alpha value is -2.38. The monoisotopic (exact) mass is 330 g/mol. The molecule has 23 heavy (non-hydrogen) atoms. The van der Waals surface area contributed by atoms with E-state index in [9.17, 15) is 0 Å². The van der Waals surface area contributed by atoms with Crippen LogP contribution in [0.15, 0.2) is 30.7 Å². The second kappa shape index (κ2) is 5.68. The number of nitrogens with two attached hydrogens (primary N) is 1. The first-order chi connectivity index (χ1) is 11.2. The van der Waals surface area contributed by atoms with Gasteiger partial charge in [0.25, 0.3) is 0 Å². The SMILES string of the molecule is Nc1ncc(Cl)c(-c2cnn3cc(N4CCOCC4)ccc23)n1. The molecule has 0 aliphatic carbocycles. The van der Waals surface area contributed by atoms with Gasteiger partial charge in [-0.3, -0.25) is 0 Å². The van der Waals surface area contributed by atoms with Crippen LogP contribution in [-0.4, -0.2) is 45.9 Å². The standard InChI is InChI=1S/C15H15ClN6O/c16-12-8-18-15(17)20-14(12)11-7-19-22-9-10(1-2-13(11)22)21-3-5-23-6-4-21/h1-2,7-9H,3-6H2,(H2,17,18,20). The van der Waals surface area contributed by atoms with E-state index in [0.29, 0.717) is 10.7 Å². The summed E-state index contributed by atoms with van der Waals surface area (Å²) in [6.45, 7) is 3.26. The fourth-order valence-electron chi connectivity index (χ4n) is 2.73. The molecule has 118 valence electrons. The van der Waals surface area contributed by atoms with E-state index in [4.69, 9.17) is 22.1 Å². The van der Waals surface area contributed by atoms with E-state index < -0.39 is 0 Å². The van der Waals surface area contributed by atoms with Crippen molar-refractivity contribution >= 4 is 28.8 Å². The third-order valence-electron chi connectivity index (χ3n) is 3.89. The highest BCUT2D eigenvalue weighted by Crippen LogP contribution is 2.30. The van der Waals surface area contributed by atoms with Gasteiger partial charge < -0.3 is 15.4 Å². The van der Waals surface area contributed by atoms with Gasteiger partial charge in [0.1, 0.15) is 0 Å². The first-order valence-corrected chi connectivity index (χ1v) is 7.68. The van der Waals surface area contributed by atoms with Gasteiger partial charge in [0.2, 0.25) is 5.95 Å². The summed E-state index contributed by atoms with van der Waals surface area (Å²) in [5.74, 6) is 0.189. The van der Waals surface area contributed by atoms with Gasteiger partial charge in [0.15, 0.2) is 0 Å². The summed E-state index contributed by atoms with van der Waals surface area (Å²) in [5.41, 5.74) is 9.13. The van der Waals surface area contributed by atoms with E-state index in [1.165, 1.54) is 6.20 Å². The van der Waals surface area contributed by atoms with Crippen molar-refractivity contribution in [3.05, 3.63) is 35.7 Å². The van der Waals surface area contributed by atoms with Crippen LogP contribution in [0.25, 0.3) is 16.8 Å². The number of anilines is 2. The Kier molecular flexibility index (Phi) is 3.51. The molecule has 1 saturated heterocycles. The number of nitrogens with zero attached hydrogens (tertiary/aromatic N) is 5. The van der Waals surface area contributed by atoms with Crippen LogP contribution in [0.2, 0.25) is 5.02 Å². The molecule has 4 heterocycles. The van der Waals surface area contributed by atoms with Gasteiger partial charge in [-0.05, 0) is 12.1 Å². The Morgan fingerprint density at radius 1 is 1.17 bits per heavy atom. The molecular formula is C15H15ClN6O. The molecule has 2 N–H and O–H groups in total. The maximum atomic E-state index is 6.20. The van der Waals surface area contributed by atoms with Crippen molar-refractivity contribution in [1.29, 1.82) is 0 Å². The number of rotatable bonds is 2. The molecule has 4 rings (SSSR count). The maximum Gasteiger partial charge on any atom is 0.220 e. The summed E-state index contributed by atoms with van der Waals surface area (Å²) in [4.78, 5) is 10.4. The van der Waals surface area contributed by atoms with Crippen molar-refractivity contribution in [2.45, 2.75) is 0 Å². The lowest BCUT2D eigenvalue weighted by Gasteiger charge is -2.28. The predicted octanol–water partition coefficient (Wildman–Crippen LogP) is 1.86. The summed E-state index contributed by atoms with van der Waals surface area (Å²) >= 11 is 6.20. The van der Waals surface area contributed by atoms with Crippen molar-refractivity contribution in [3.63, 3.8) is 0 Å². The second-order valence-corrected chi connectivity index (χ2v) is 5.71. The van der Waals surface area contributed by atoms with Crippen molar-refractivity contribution in [2.24, 2.45) is 0 Å². The van der Waals surface area contributed by atoms with E-state index in [1.807, 2.05) is 16.8 Å². The van der Waals surface area contributed by atoms with Gasteiger partial charge in [0, 0.05) is 18.7 Å². The molecule has 0 saturated carbocycles. The minimum absolute atomic E-state index is 0.189. The normalized spacial score (nSPS) is 15.3. The van der Waals surface area contributed by atoms with Crippen molar-refractivity contribution in [1.82, 2.24) is 19.6 Å². The van der Waals surface area contributed by atoms with E-state index in [2.05, 4.69) is 26.0 Å². The zero-order valence-electron chi connectivity index (χ0n) is 12.3. The van der Waals surface area contributed by atoms with Crippen LogP contribution in [0, 0.1) is 0 Å². The van der Waals surface area contributed by atoms with Crippen molar-refractivity contribution in [2.75, 3.05) is 36.9 Å². The number of fused-ring (bicyclic) bond motifs is 1. The van der Waals surface area contributed by atoms with Gasteiger partial charge in [-0.2, -0.15) is 5.10 Å².